The van der Waals surface area contributed by atoms with Crippen molar-refractivity contribution in [1.82, 2.24) is 10.9 Å². The Morgan fingerprint density at radius 3 is 2.48 bits per heavy atom. The molecule has 25 heavy (non-hydrogen) atoms. The molecule has 0 radical (unpaired) electrons. The summed E-state index contributed by atoms with van der Waals surface area (Å²) in [6.07, 6.45) is -0.752. The van der Waals surface area contributed by atoms with Crippen LogP contribution in [0.4, 0.5) is 0 Å². The van der Waals surface area contributed by atoms with Gasteiger partial charge in [-0.2, -0.15) is 0 Å². The number of ether oxygens (including phenoxy) is 2. The van der Waals surface area contributed by atoms with Crippen LogP contribution < -0.4 is 20.3 Å². The van der Waals surface area contributed by atoms with E-state index in [0.29, 0.717) is 11.5 Å². The number of halogens is 1. The zero-order chi connectivity index (χ0) is 18.2. The number of amides is 2. The molecule has 1 atom stereocenters. The van der Waals surface area contributed by atoms with Gasteiger partial charge in [-0.3, -0.25) is 20.4 Å². The number of nitrogens with one attached hydrogen (secondary N) is 2. The summed E-state index contributed by atoms with van der Waals surface area (Å²) in [5.74, 6) is 0.214. The summed E-state index contributed by atoms with van der Waals surface area (Å²) in [7, 11) is 0. The minimum atomic E-state index is -0.752. The molecule has 0 saturated heterocycles. The molecule has 0 aliphatic rings. The number of carbonyl (C=O) groups excluding carboxylic acids is 2. The molecule has 0 saturated carbocycles. The molecule has 0 aliphatic heterocycles. The first-order valence-electron chi connectivity index (χ1n) is 7.65. The van der Waals surface area contributed by atoms with Crippen LogP contribution in [0.1, 0.15) is 12.5 Å². The van der Waals surface area contributed by atoms with Crippen molar-refractivity contribution in [3.8, 4) is 11.5 Å². The zero-order valence-electron chi connectivity index (χ0n) is 13.9. The van der Waals surface area contributed by atoms with Crippen molar-refractivity contribution in [3.63, 3.8) is 0 Å². The Balaban J connectivity index is 1.73. The fourth-order valence-corrected chi connectivity index (χ4v) is 2.13. The number of para-hydroxylation sites is 1. The fraction of sp³-hybridized carbons (Fsp3) is 0.222. The summed E-state index contributed by atoms with van der Waals surface area (Å²) in [4.78, 5) is 23.7. The van der Waals surface area contributed by atoms with Gasteiger partial charge in [0.25, 0.3) is 11.8 Å². The molecule has 2 rings (SSSR count). The summed E-state index contributed by atoms with van der Waals surface area (Å²) >= 11 is 3.39. The van der Waals surface area contributed by atoms with E-state index in [1.54, 1.807) is 25.1 Å². The molecule has 0 spiro atoms. The van der Waals surface area contributed by atoms with Crippen LogP contribution in [-0.2, 0) is 9.59 Å². The van der Waals surface area contributed by atoms with Gasteiger partial charge in [-0.15, -0.1) is 0 Å². The summed E-state index contributed by atoms with van der Waals surface area (Å²) in [5, 5.41) is 0. The van der Waals surface area contributed by atoms with Crippen LogP contribution in [0.3, 0.4) is 0 Å². The van der Waals surface area contributed by atoms with Crippen LogP contribution in [0, 0.1) is 6.92 Å². The molecule has 0 aliphatic carbocycles. The molecule has 0 fully saturated rings. The highest BCUT2D eigenvalue weighted by molar-refractivity contribution is 9.10. The summed E-state index contributed by atoms with van der Waals surface area (Å²) in [5.41, 5.74) is 5.60. The number of hydrogen-bond acceptors (Lipinski definition) is 4. The van der Waals surface area contributed by atoms with E-state index in [0.717, 1.165) is 10.0 Å². The quantitative estimate of drug-likeness (QED) is 0.723. The molecular formula is C18H19BrN2O4. The van der Waals surface area contributed by atoms with Crippen molar-refractivity contribution in [2.75, 3.05) is 6.61 Å². The first kappa shape index (κ1) is 18.8. The van der Waals surface area contributed by atoms with Crippen molar-refractivity contribution in [3.05, 3.63) is 58.6 Å². The smallest absolute Gasteiger partial charge is 0.279 e. The molecule has 2 aromatic carbocycles. The van der Waals surface area contributed by atoms with E-state index in [9.17, 15) is 9.59 Å². The average molecular weight is 407 g/mol. The van der Waals surface area contributed by atoms with E-state index < -0.39 is 17.9 Å². The van der Waals surface area contributed by atoms with Crippen molar-refractivity contribution in [2.24, 2.45) is 0 Å². The molecule has 2 N–H and O–H groups in total. The number of rotatable bonds is 6. The van der Waals surface area contributed by atoms with E-state index in [1.807, 2.05) is 37.3 Å². The fourth-order valence-electron chi connectivity index (χ4n) is 1.88. The third-order valence-electron chi connectivity index (χ3n) is 3.25. The second-order valence-corrected chi connectivity index (χ2v) is 6.16. The second kappa shape index (κ2) is 9.08. The van der Waals surface area contributed by atoms with Crippen LogP contribution in [0.15, 0.2) is 53.0 Å². The van der Waals surface area contributed by atoms with Gasteiger partial charge in [-0.05, 0) is 49.7 Å². The van der Waals surface area contributed by atoms with E-state index >= 15 is 0 Å². The molecular weight excluding hydrogens is 388 g/mol. The maximum Gasteiger partial charge on any atom is 0.279 e. The summed E-state index contributed by atoms with van der Waals surface area (Å²) in [6, 6.07) is 14.4. The maximum atomic E-state index is 11.9. The molecule has 132 valence electrons. The van der Waals surface area contributed by atoms with Crippen LogP contribution in [-0.4, -0.2) is 24.5 Å². The lowest BCUT2D eigenvalue weighted by Crippen LogP contribution is -2.48. The third kappa shape index (κ3) is 6.11. The van der Waals surface area contributed by atoms with E-state index in [-0.39, 0.29) is 6.61 Å². The largest absolute Gasteiger partial charge is 0.484 e. The predicted molar refractivity (Wildman–Crippen MR) is 97.2 cm³/mol. The lowest BCUT2D eigenvalue weighted by molar-refractivity contribution is -0.133. The maximum absolute atomic E-state index is 11.9. The van der Waals surface area contributed by atoms with Crippen LogP contribution in [0.5, 0.6) is 11.5 Å². The van der Waals surface area contributed by atoms with Crippen molar-refractivity contribution < 1.29 is 19.1 Å². The molecule has 0 heterocycles. The Labute approximate surface area is 154 Å². The average Bonchev–Trinajstić information content (AvgIpc) is 2.61. The van der Waals surface area contributed by atoms with E-state index in [4.69, 9.17) is 9.47 Å². The van der Waals surface area contributed by atoms with Crippen molar-refractivity contribution in [1.29, 1.82) is 0 Å². The second-order valence-electron chi connectivity index (χ2n) is 5.31. The monoisotopic (exact) mass is 406 g/mol. The molecule has 2 amide bonds. The van der Waals surface area contributed by atoms with Gasteiger partial charge in [-0.25, -0.2) is 0 Å². The van der Waals surface area contributed by atoms with Crippen LogP contribution >= 0.6 is 15.9 Å². The molecule has 6 nitrogen and oxygen atoms in total. The number of hydrogen-bond donors (Lipinski definition) is 2. The Morgan fingerprint density at radius 2 is 1.80 bits per heavy atom. The SMILES string of the molecule is Cc1cc(OCC(=O)NNC(=O)[C@@H](C)Oc2ccccc2)ccc1Br. The normalized spacial score (nSPS) is 11.3. The Kier molecular flexibility index (Phi) is 6.82. The zero-order valence-corrected chi connectivity index (χ0v) is 15.5. The molecule has 0 bridgehead atoms. The number of carbonyl (C=O) groups is 2. The number of aryl methyl sites for hydroxylation is 1. The standard InChI is InChI=1S/C18H19BrN2O4/c1-12-10-15(8-9-16(12)19)24-11-17(22)20-21-18(23)13(2)25-14-6-4-3-5-7-14/h3-10,13H,11H2,1-2H3,(H,20,22)(H,21,23)/t13-/m1/s1. The van der Waals surface area contributed by atoms with Crippen LogP contribution in [0.25, 0.3) is 0 Å². The predicted octanol–water partition coefficient (Wildman–Crippen LogP) is 2.75. The Hall–Kier alpha value is -2.54. The molecule has 0 unspecified atom stereocenters. The van der Waals surface area contributed by atoms with Crippen molar-refractivity contribution in [2.45, 2.75) is 20.0 Å². The van der Waals surface area contributed by atoms with Gasteiger partial charge < -0.3 is 9.47 Å². The van der Waals surface area contributed by atoms with Gasteiger partial charge in [0, 0.05) is 4.47 Å². The lowest BCUT2D eigenvalue weighted by Gasteiger charge is -2.15. The van der Waals surface area contributed by atoms with E-state index in [1.165, 1.54) is 0 Å². The molecule has 2 aromatic rings. The van der Waals surface area contributed by atoms with Gasteiger partial charge in [0.1, 0.15) is 11.5 Å². The molecule has 7 heteroatoms. The van der Waals surface area contributed by atoms with Gasteiger partial charge in [0.05, 0.1) is 0 Å². The van der Waals surface area contributed by atoms with Gasteiger partial charge in [0.15, 0.2) is 12.7 Å². The lowest BCUT2D eigenvalue weighted by atomic mass is 10.2. The van der Waals surface area contributed by atoms with Gasteiger partial charge >= 0.3 is 0 Å². The summed E-state index contributed by atoms with van der Waals surface area (Å²) < 4.78 is 11.8. The Morgan fingerprint density at radius 1 is 1.08 bits per heavy atom. The summed E-state index contributed by atoms with van der Waals surface area (Å²) in [6.45, 7) is 3.30. The molecule has 0 aromatic heterocycles. The highest BCUT2D eigenvalue weighted by Gasteiger charge is 2.15. The van der Waals surface area contributed by atoms with Gasteiger partial charge in [0.2, 0.25) is 0 Å². The Bertz CT molecular complexity index is 737. The first-order chi connectivity index (χ1) is 12.0. The van der Waals surface area contributed by atoms with Crippen LogP contribution in [0.2, 0.25) is 0 Å². The highest BCUT2D eigenvalue weighted by Crippen LogP contribution is 2.21. The topological polar surface area (TPSA) is 76.7 Å². The number of benzene rings is 2. The minimum Gasteiger partial charge on any atom is -0.484 e. The third-order valence-corrected chi connectivity index (χ3v) is 4.14. The highest BCUT2D eigenvalue weighted by atomic mass is 79.9. The first-order valence-corrected chi connectivity index (χ1v) is 8.44. The van der Waals surface area contributed by atoms with Gasteiger partial charge in [-0.1, -0.05) is 34.1 Å². The number of hydrazine groups is 1. The van der Waals surface area contributed by atoms with E-state index in [2.05, 4.69) is 26.8 Å². The minimum absolute atomic E-state index is 0.213. The van der Waals surface area contributed by atoms with Crippen molar-refractivity contribution >= 4 is 27.7 Å².